The molecule has 0 saturated carbocycles. The molecule has 0 radical (unpaired) electrons. The number of carbonyl (C=O) groups is 2. The lowest BCUT2D eigenvalue weighted by Crippen LogP contribution is -2.49. The molecule has 2 saturated heterocycles. The van der Waals surface area contributed by atoms with Crippen molar-refractivity contribution in [3.63, 3.8) is 0 Å². The van der Waals surface area contributed by atoms with Gasteiger partial charge >= 0.3 is 0 Å². The third-order valence-electron chi connectivity index (χ3n) is 6.85. The van der Waals surface area contributed by atoms with Crippen LogP contribution in [0.5, 0.6) is 23.0 Å². The van der Waals surface area contributed by atoms with Crippen LogP contribution in [0.3, 0.4) is 0 Å². The van der Waals surface area contributed by atoms with Gasteiger partial charge in [-0.2, -0.15) is 0 Å². The van der Waals surface area contributed by atoms with Gasteiger partial charge in [0.15, 0.2) is 11.5 Å². The summed E-state index contributed by atoms with van der Waals surface area (Å²) in [6.07, 6.45) is 2.64. The molecule has 2 aromatic rings. The number of amides is 2. The van der Waals surface area contributed by atoms with Gasteiger partial charge in [-0.15, -0.1) is 0 Å². The number of anilines is 1. The number of rotatable bonds is 9. The van der Waals surface area contributed by atoms with E-state index >= 15 is 0 Å². The van der Waals surface area contributed by atoms with E-state index in [1.54, 1.807) is 24.1 Å². The Labute approximate surface area is 211 Å². The molecule has 0 spiro atoms. The first-order valence-electron chi connectivity index (χ1n) is 12.2. The molecule has 3 unspecified atom stereocenters. The number of carbonyl (C=O) groups excluding carboxylic acids is 2. The van der Waals surface area contributed by atoms with Crippen molar-refractivity contribution in [2.24, 2.45) is 5.92 Å². The summed E-state index contributed by atoms with van der Waals surface area (Å²) in [5.41, 5.74) is 1.39. The average molecular weight is 499 g/mol. The molecule has 2 aliphatic rings. The van der Waals surface area contributed by atoms with Crippen LogP contribution in [0.2, 0.25) is 0 Å². The van der Waals surface area contributed by atoms with Gasteiger partial charge in [0.2, 0.25) is 17.6 Å². The third-order valence-corrected chi connectivity index (χ3v) is 6.85. The Morgan fingerprint density at radius 2 is 1.69 bits per heavy atom. The molecular formula is C27H34N2O7. The van der Waals surface area contributed by atoms with Crippen molar-refractivity contribution in [3.05, 3.63) is 42.0 Å². The number of hydrogen-bond acceptors (Lipinski definition) is 7. The number of piperidine rings is 1. The predicted octanol–water partition coefficient (Wildman–Crippen LogP) is 3.50. The topological polar surface area (TPSA) is 95.6 Å². The van der Waals surface area contributed by atoms with Gasteiger partial charge in [-0.3, -0.25) is 9.59 Å². The lowest BCUT2D eigenvalue weighted by molar-refractivity contribution is -0.129. The van der Waals surface area contributed by atoms with Crippen LogP contribution < -0.4 is 29.2 Å². The Morgan fingerprint density at radius 3 is 2.25 bits per heavy atom. The molecule has 0 aromatic heterocycles. The van der Waals surface area contributed by atoms with Crippen molar-refractivity contribution in [1.82, 2.24) is 5.32 Å². The highest BCUT2D eigenvalue weighted by molar-refractivity contribution is 5.98. The normalized spacial score (nSPS) is 21.7. The molecule has 2 amide bonds. The zero-order valence-electron chi connectivity index (χ0n) is 21.2. The Bertz CT molecular complexity index is 1040. The number of nitrogens with zero attached hydrogens (tertiary/aromatic N) is 1. The number of hydrogen-bond donors (Lipinski definition) is 1. The van der Waals surface area contributed by atoms with Crippen molar-refractivity contribution in [2.75, 3.05) is 46.5 Å². The van der Waals surface area contributed by atoms with Gasteiger partial charge in [0.25, 0.3) is 0 Å². The molecule has 4 rings (SSSR count). The summed E-state index contributed by atoms with van der Waals surface area (Å²) in [6.45, 7) is 1.19. The molecule has 36 heavy (non-hydrogen) atoms. The van der Waals surface area contributed by atoms with Gasteiger partial charge in [0.05, 0.1) is 52.2 Å². The highest BCUT2D eigenvalue weighted by Gasteiger charge is 2.42. The van der Waals surface area contributed by atoms with Crippen LogP contribution in [-0.2, 0) is 14.3 Å². The summed E-state index contributed by atoms with van der Waals surface area (Å²) in [7, 11) is 6.19. The van der Waals surface area contributed by atoms with Crippen LogP contribution in [-0.4, -0.2) is 59.5 Å². The Hall–Kier alpha value is -3.46. The quantitative estimate of drug-likeness (QED) is 0.565. The highest BCUT2D eigenvalue weighted by Crippen LogP contribution is 2.46. The fourth-order valence-electron chi connectivity index (χ4n) is 5.01. The fourth-order valence-corrected chi connectivity index (χ4v) is 5.01. The van der Waals surface area contributed by atoms with Crippen LogP contribution in [0.1, 0.15) is 37.3 Å². The van der Waals surface area contributed by atoms with Gasteiger partial charge in [-0.05, 0) is 37.0 Å². The molecule has 9 heteroatoms. The standard InChI is InChI=1S/C27H34N2O7/c1-32-19-9-7-17(8-10-19)25-21(27(31)28-16-20-6-5-13-36-20)11-12-24(30)29(25)18-14-22(33-2)26(35-4)23(15-18)34-3/h7-10,14-15,20-21,25H,5-6,11-13,16H2,1-4H3,(H,28,31). The largest absolute Gasteiger partial charge is 0.497 e. The summed E-state index contributed by atoms with van der Waals surface area (Å²) >= 11 is 0. The van der Waals surface area contributed by atoms with E-state index in [0.29, 0.717) is 41.7 Å². The van der Waals surface area contributed by atoms with Gasteiger partial charge < -0.3 is 33.9 Å². The molecule has 0 aliphatic carbocycles. The molecular weight excluding hydrogens is 464 g/mol. The van der Waals surface area contributed by atoms with E-state index in [9.17, 15) is 9.59 Å². The molecule has 2 aliphatic heterocycles. The van der Waals surface area contributed by atoms with E-state index in [0.717, 1.165) is 25.0 Å². The summed E-state index contributed by atoms with van der Waals surface area (Å²) in [6, 6.07) is 10.4. The second kappa shape index (κ2) is 11.5. The van der Waals surface area contributed by atoms with E-state index in [2.05, 4.69) is 5.32 Å². The predicted molar refractivity (Wildman–Crippen MR) is 134 cm³/mol. The molecule has 2 fully saturated rings. The number of ether oxygens (including phenoxy) is 5. The second-order valence-electron chi connectivity index (χ2n) is 8.89. The molecule has 3 atom stereocenters. The summed E-state index contributed by atoms with van der Waals surface area (Å²) in [5, 5.41) is 3.07. The molecule has 0 bridgehead atoms. The second-order valence-corrected chi connectivity index (χ2v) is 8.89. The van der Waals surface area contributed by atoms with Crippen LogP contribution in [0, 0.1) is 5.92 Å². The number of nitrogens with one attached hydrogen (secondary N) is 1. The summed E-state index contributed by atoms with van der Waals surface area (Å²) in [4.78, 5) is 28.6. The van der Waals surface area contributed by atoms with Gasteiger partial charge in [0.1, 0.15) is 5.75 Å². The summed E-state index contributed by atoms with van der Waals surface area (Å²) in [5.74, 6) is 1.33. The average Bonchev–Trinajstić information content (AvgIpc) is 3.44. The van der Waals surface area contributed by atoms with Crippen LogP contribution in [0.4, 0.5) is 5.69 Å². The van der Waals surface area contributed by atoms with Crippen LogP contribution in [0.25, 0.3) is 0 Å². The summed E-state index contributed by atoms with van der Waals surface area (Å²) < 4.78 is 27.5. The van der Waals surface area contributed by atoms with Gasteiger partial charge in [0, 0.05) is 31.7 Å². The lowest BCUT2D eigenvalue weighted by Gasteiger charge is -2.41. The Morgan fingerprint density at radius 1 is 1.00 bits per heavy atom. The first-order chi connectivity index (χ1) is 17.5. The highest BCUT2D eigenvalue weighted by atomic mass is 16.5. The lowest BCUT2D eigenvalue weighted by atomic mass is 9.83. The number of benzene rings is 2. The van der Waals surface area contributed by atoms with Crippen molar-refractivity contribution in [3.8, 4) is 23.0 Å². The van der Waals surface area contributed by atoms with Crippen molar-refractivity contribution in [2.45, 2.75) is 37.8 Å². The number of methoxy groups -OCH3 is 4. The molecule has 9 nitrogen and oxygen atoms in total. The van der Waals surface area contributed by atoms with E-state index < -0.39 is 12.0 Å². The SMILES string of the molecule is COc1ccc(C2C(C(=O)NCC3CCCO3)CCC(=O)N2c2cc(OC)c(OC)c(OC)c2)cc1. The zero-order chi connectivity index (χ0) is 25.7. The third kappa shape index (κ3) is 5.21. The maximum atomic E-state index is 13.5. The monoisotopic (exact) mass is 498 g/mol. The van der Waals surface area contributed by atoms with Crippen molar-refractivity contribution >= 4 is 17.5 Å². The first-order valence-corrected chi connectivity index (χ1v) is 12.2. The molecule has 2 aromatic carbocycles. The fraction of sp³-hybridized carbons (Fsp3) is 0.481. The van der Waals surface area contributed by atoms with Crippen molar-refractivity contribution < 1.29 is 33.3 Å². The molecule has 2 heterocycles. The molecule has 1 N–H and O–H groups in total. The van der Waals surface area contributed by atoms with Gasteiger partial charge in [-0.1, -0.05) is 12.1 Å². The van der Waals surface area contributed by atoms with E-state index in [4.69, 9.17) is 23.7 Å². The smallest absolute Gasteiger partial charge is 0.227 e. The first kappa shape index (κ1) is 25.6. The van der Waals surface area contributed by atoms with E-state index in [-0.39, 0.29) is 24.3 Å². The van der Waals surface area contributed by atoms with E-state index in [1.807, 2.05) is 24.3 Å². The maximum absolute atomic E-state index is 13.5. The zero-order valence-corrected chi connectivity index (χ0v) is 21.2. The van der Waals surface area contributed by atoms with Crippen LogP contribution in [0.15, 0.2) is 36.4 Å². The Kier molecular flexibility index (Phi) is 8.20. The minimum absolute atomic E-state index is 0.0322. The minimum Gasteiger partial charge on any atom is -0.497 e. The Balaban J connectivity index is 1.74. The van der Waals surface area contributed by atoms with Gasteiger partial charge in [-0.25, -0.2) is 0 Å². The van der Waals surface area contributed by atoms with E-state index in [1.165, 1.54) is 21.3 Å². The minimum atomic E-state index is -0.538. The maximum Gasteiger partial charge on any atom is 0.227 e. The van der Waals surface area contributed by atoms with Crippen LogP contribution >= 0.6 is 0 Å². The van der Waals surface area contributed by atoms with Crippen molar-refractivity contribution in [1.29, 1.82) is 0 Å². The molecule has 194 valence electrons.